The summed E-state index contributed by atoms with van der Waals surface area (Å²) in [5, 5.41) is 0. The summed E-state index contributed by atoms with van der Waals surface area (Å²) in [5.74, 6) is 0.372. The summed E-state index contributed by atoms with van der Waals surface area (Å²) in [6.45, 7) is 5.69. The maximum absolute atomic E-state index is 13.9. The number of carbonyl (C=O) groups is 2. The van der Waals surface area contributed by atoms with Crippen molar-refractivity contribution < 1.29 is 9.59 Å². The second kappa shape index (κ2) is 12.4. The van der Waals surface area contributed by atoms with E-state index in [-0.39, 0.29) is 36.4 Å². The summed E-state index contributed by atoms with van der Waals surface area (Å²) in [6.07, 6.45) is 13.2. The molecule has 0 atom stereocenters. The SMILES string of the molecule is CC(C)N(CC(=O)N(Cc1cccn1Cc1ccccc1)C1CCCCC1)C(=O)C1CCCCC1. The lowest BCUT2D eigenvalue weighted by molar-refractivity contribution is -0.147. The van der Waals surface area contributed by atoms with Crippen molar-refractivity contribution in [3.05, 3.63) is 59.9 Å². The summed E-state index contributed by atoms with van der Waals surface area (Å²) in [7, 11) is 0. The Morgan fingerprint density at radius 3 is 2.20 bits per heavy atom. The van der Waals surface area contributed by atoms with Crippen LogP contribution >= 0.6 is 0 Å². The molecule has 2 saturated carbocycles. The molecule has 1 heterocycles. The van der Waals surface area contributed by atoms with Gasteiger partial charge in [0, 0.05) is 36.4 Å². The average Bonchev–Trinajstić information content (AvgIpc) is 3.33. The van der Waals surface area contributed by atoms with Gasteiger partial charge in [0.05, 0.1) is 6.54 Å². The maximum Gasteiger partial charge on any atom is 0.242 e. The standard InChI is InChI=1S/C30H43N3O2/c1-24(2)32(30(35)26-15-8-4-9-16-26)23-29(34)33(27-17-10-5-11-18-27)22-28-19-12-20-31(28)21-25-13-6-3-7-14-25/h3,6-7,12-14,19-20,24,26-27H,4-5,8-11,15-18,21-23H2,1-2H3. The molecule has 0 N–H and O–H groups in total. The first-order valence-electron chi connectivity index (χ1n) is 13.8. The van der Waals surface area contributed by atoms with Crippen molar-refractivity contribution in [3.8, 4) is 0 Å². The minimum absolute atomic E-state index is 0.0310. The number of benzene rings is 1. The minimum Gasteiger partial charge on any atom is -0.345 e. The molecule has 1 aromatic heterocycles. The molecule has 4 rings (SSSR count). The van der Waals surface area contributed by atoms with Gasteiger partial charge in [-0.05, 0) is 57.2 Å². The largest absolute Gasteiger partial charge is 0.345 e. The van der Waals surface area contributed by atoms with Crippen molar-refractivity contribution in [2.24, 2.45) is 5.92 Å². The highest BCUT2D eigenvalue weighted by Gasteiger charge is 2.32. The second-order valence-electron chi connectivity index (χ2n) is 10.8. The van der Waals surface area contributed by atoms with Gasteiger partial charge in [0.2, 0.25) is 11.8 Å². The molecule has 0 unspecified atom stereocenters. The van der Waals surface area contributed by atoms with Crippen LogP contribution in [-0.4, -0.2) is 44.8 Å². The van der Waals surface area contributed by atoms with Crippen molar-refractivity contribution >= 4 is 11.8 Å². The highest BCUT2D eigenvalue weighted by atomic mass is 16.2. The van der Waals surface area contributed by atoms with Gasteiger partial charge in [-0.2, -0.15) is 0 Å². The van der Waals surface area contributed by atoms with Crippen LogP contribution in [-0.2, 0) is 22.7 Å². The normalized spacial score (nSPS) is 17.5. The molecule has 5 nitrogen and oxygen atoms in total. The van der Waals surface area contributed by atoms with Gasteiger partial charge in [-0.3, -0.25) is 9.59 Å². The predicted octanol–water partition coefficient (Wildman–Crippen LogP) is 6.02. The number of rotatable bonds is 9. The van der Waals surface area contributed by atoms with Crippen molar-refractivity contribution in [2.75, 3.05) is 6.54 Å². The summed E-state index contributed by atoms with van der Waals surface area (Å²) < 4.78 is 2.26. The quantitative estimate of drug-likeness (QED) is 0.444. The molecule has 0 saturated heterocycles. The number of nitrogens with zero attached hydrogens (tertiary/aromatic N) is 3. The molecule has 35 heavy (non-hydrogen) atoms. The fourth-order valence-corrected chi connectivity index (χ4v) is 5.85. The Hall–Kier alpha value is -2.56. The first-order valence-corrected chi connectivity index (χ1v) is 13.8. The van der Waals surface area contributed by atoms with E-state index < -0.39 is 0 Å². The van der Waals surface area contributed by atoms with Gasteiger partial charge >= 0.3 is 0 Å². The molecule has 0 aliphatic heterocycles. The van der Waals surface area contributed by atoms with Crippen LogP contribution in [0.3, 0.4) is 0 Å². The van der Waals surface area contributed by atoms with Crippen molar-refractivity contribution in [1.82, 2.24) is 14.4 Å². The molecular formula is C30H43N3O2. The highest BCUT2D eigenvalue weighted by Crippen LogP contribution is 2.28. The van der Waals surface area contributed by atoms with E-state index in [2.05, 4.69) is 52.1 Å². The molecule has 1 aromatic carbocycles. The van der Waals surface area contributed by atoms with Crippen molar-refractivity contribution in [3.63, 3.8) is 0 Å². The Balaban J connectivity index is 1.51. The van der Waals surface area contributed by atoms with Crippen molar-refractivity contribution in [1.29, 1.82) is 0 Å². The van der Waals surface area contributed by atoms with E-state index in [4.69, 9.17) is 0 Å². The van der Waals surface area contributed by atoms with Gasteiger partial charge in [-0.1, -0.05) is 68.9 Å². The third-order valence-corrected chi connectivity index (χ3v) is 7.95. The zero-order valence-corrected chi connectivity index (χ0v) is 21.7. The highest BCUT2D eigenvalue weighted by molar-refractivity contribution is 5.86. The van der Waals surface area contributed by atoms with Crippen LogP contribution in [0.4, 0.5) is 0 Å². The molecule has 2 amide bonds. The topological polar surface area (TPSA) is 45.6 Å². The van der Waals surface area contributed by atoms with Crippen LogP contribution < -0.4 is 0 Å². The molecule has 5 heteroatoms. The smallest absolute Gasteiger partial charge is 0.242 e. The van der Waals surface area contributed by atoms with Crippen LogP contribution in [0.5, 0.6) is 0 Å². The molecule has 0 spiro atoms. The van der Waals surface area contributed by atoms with E-state index in [0.29, 0.717) is 6.54 Å². The lowest BCUT2D eigenvalue weighted by Crippen LogP contribution is -2.50. The van der Waals surface area contributed by atoms with Crippen LogP contribution in [0.1, 0.15) is 89.3 Å². The van der Waals surface area contributed by atoms with Crippen LogP contribution in [0.15, 0.2) is 48.7 Å². The Morgan fingerprint density at radius 1 is 0.886 bits per heavy atom. The van der Waals surface area contributed by atoms with E-state index >= 15 is 0 Å². The van der Waals surface area contributed by atoms with E-state index in [1.165, 1.54) is 31.2 Å². The molecule has 2 aliphatic carbocycles. The zero-order valence-electron chi connectivity index (χ0n) is 21.7. The van der Waals surface area contributed by atoms with E-state index in [1.54, 1.807) is 0 Å². The number of carbonyl (C=O) groups excluding carboxylic acids is 2. The van der Waals surface area contributed by atoms with Crippen molar-refractivity contribution in [2.45, 2.75) is 103 Å². The molecule has 2 fully saturated rings. The summed E-state index contributed by atoms with van der Waals surface area (Å²) in [5.41, 5.74) is 2.41. The zero-order chi connectivity index (χ0) is 24.6. The summed E-state index contributed by atoms with van der Waals surface area (Å²) in [4.78, 5) is 31.2. The fraction of sp³-hybridized carbons (Fsp3) is 0.600. The third-order valence-electron chi connectivity index (χ3n) is 7.95. The number of hydrogen-bond donors (Lipinski definition) is 0. The first-order chi connectivity index (χ1) is 17.0. The average molecular weight is 478 g/mol. The van der Waals surface area contributed by atoms with Crippen LogP contribution in [0.25, 0.3) is 0 Å². The molecule has 2 aromatic rings. The van der Waals surface area contributed by atoms with E-state index in [0.717, 1.165) is 50.8 Å². The van der Waals surface area contributed by atoms with E-state index in [9.17, 15) is 9.59 Å². The molecular weight excluding hydrogens is 434 g/mol. The molecule has 190 valence electrons. The third kappa shape index (κ3) is 6.77. The monoisotopic (exact) mass is 477 g/mol. The first kappa shape index (κ1) is 25.5. The summed E-state index contributed by atoms with van der Waals surface area (Å²) >= 11 is 0. The van der Waals surface area contributed by atoms with Gasteiger partial charge in [-0.15, -0.1) is 0 Å². The van der Waals surface area contributed by atoms with Crippen LogP contribution in [0, 0.1) is 5.92 Å². The fourth-order valence-electron chi connectivity index (χ4n) is 5.85. The Labute approximate surface area is 211 Å². The van der Waals surface area contributed by atoms with Gasteiger partial charge in [0.15, 0.2) is 0 Å². The second-order valence-corrected chi connectivity index (χ2v) is 10.8. The summed E-state index contributed by atoms with van der Waals surface area (Å²) in [6, 6.07) is 15.0. The van der Waals surface area contributed by atoms with Gasteiger partial charge < -0.3 is 14.4 Å². The Kier molecular flexibility index (Phi) is 9.06. The molecule has 2 aliphatic rings. The predicted molar refractivity (Wildman–Crippen MR) is 141 cm³/mol. The number of aromatic nitrogens is 1. The van der Waals surface area contributed by atoms with Gasteiger partial charge in [0.25, 0.3) is 0 Å². The lowest BCUT2D eigenvalue weighted by Gasteiger charge is -2.38. The lowest BCUT2D eigenvalue weighted by atomic mass is 9.88. The van der Waals surface area contributed by atoms with Gasteiger partial charge in [-0.25, -0.2) is 0 Å². The Bertz CT molecular complexity index is 940. The Morgan fingerprint density at radius 2 is 1.54 bits per heavy atom. The molecule has 0 radical (unpaired) electrons. The molecule has 0 bridgehead atoms. The van der Waals surface area contributed by atoms with Gasteiger partial charge in [0.1, 0.15) is 6.54 Å². The number of hydrogen-bond acceptors (Lipinski definition) is 2. The minimum atomic E-state index is 0.0310. The maximum atomic E-state index is 13.9. The van der Waals surface area contributed by atoms with Crippen LogP contribution in [0.2, 0.25) is 0 Å². The number of amides is 2. The van der Waals surface area contributed by atoms with E-state index in [1.807, 2.05) is 24.8 Å².